The summed E-state index contributed by atoms with van der Waals surface area (Å²) in [5, 5.41) is 16.9. The smallest absolute Gasteiger partial charge is 0.247 e. The molecule has 136 valence electrons. The van der Waals surface area contributed by atoms with Crippen LogP contribution in [0.4, 0.5) is 5.82 Å². The van der Waals surface area contributed by atoms with Crippen molar-refractivity contribution in [2.24, 2.45) is 0 Å². The third kappa shape index (κ3) is 3.54. The third-order valence-electron chi connectivity index (χ3n) is 4.21. The quantitative estimate of drug-likeness (QED) is 0.573. The van der Waals surface area contributed by atoms with E-state index in [-0.39, 0.29) is 12.5 Å². The summed E-state index contributed by atoms with van der Waals surface area (Å²) in [6.45, 7) is 2.67. The number of amides is 1. The van der Waals surface area contributed by atoms with Gasteiger partial charge in [0.05, 0.1) is 24.5 Å². The molecule has 0 unspecified atom stereocenters. The molecule has 8 heteroatoms. The molecule has 0 radical (unpaired) electrons. The Balaban J connectivity index is 1.55. The van der Waals surface area contributed by atoms with E-state index in [0.717, 1.165) is 22.0 Å². The molecule has 0 aliphatic carbocycles. The van der Waals surface area contributed by atoms with Crippen molar-refractivity contribution in [2.75, 3.05) is 5.32 Å². The molecule has 0 saturated carbocycles. The number of rotatable bonds is 5. The minimum absolute atomic E-state index is 0.0912. The molecule has 1 N–H and O–H groups in total. The Kier molecular flexibility index (Phi) is 4.60. The second kappa shape index (κ2) is 7.20. The van der Waals surface area contributed by atoms with E-state index in [9.17, 15) is 4.79 Å². The highest BCUT2D eigenvalue weighted by molar-refractivity contribution is 6.33. The highest BCUT2D eigenvalue weighted by Crippen LogP contribution is 2.29. The van der Waals surface area contributed by atoms with E-state index in [2.05, 4.69) is 20.6 Å². The van der Waals surface area contributed by atoms with Crippen LogP contribution in [0.25, 0.3) is 22.0 Å². The number of anilines is 1. The Labute approximate surface area is 160 Å². The van der Waals surface area contributed by atoms with Crippen LogP contribution < -0.4 is 5.32 Å². The molecule has 2 aromatic carbocycles. The van der Waals surface area contributed by atoms with Crippen LogP contribution in [-0.4, -0.2) is 30.7 Å². The number of carbonyl (C=O) groups excluding carboxylic acids is 1. The van der Waals surface area contributed by atoms with Gasteiger partial charge >= 0.3 is 0 Å². The molecule has 27 heavy (non-hydrogen) atoms. The number of benzene rings is 2. The fourth-order valence-electron chi connectivity index (χ4n) is 2.90. The standard InChI is InChI=1S/C19H17ClN6O/c1-2-26-22-11-18(24-26)23-19(27)12-25-17-8-7-13(9-14(17)10-21-25)15-5-3-4-6-16(15)20/h3-11H,2,12H2,1H3,(H,23,24,27). The Morgan fingerprint density at radius 3 is 2.78 bits per heavy atom. The van der Waals surface area contributed by atoms with Crippen LogP contribution in [0.5, 0.6) is 0 Å². The molecule has 4 rings (SSSR count). The predicted molar refractivity (Wildman–Crippen MR) is 105 cm³/mol. The van der Waals surface area contributed by atoms with Gasteiger partial charge in [0.15, 0.2) is 5.82 Å². The molecule has 4 aromatic rings. The van der Waals surface area contributed by atoms with Gasteiger partial charge in [-0.25, -0.2) is 0 Å². The van der Waals surface area contributed by atoms with E-state index >= 15 is 0 Å². The molecule has 7 nitrogen and oxygen atoms in total. The van der Waals surface area contributed by atoms with Gasteiger partial charge in [0.1, 0.15) is 6.54 Å². The molecule has 2 aromatic heterocycles. The maximum absolute atomic E-state index is 12.3. The number of carbonyl (C=O) groups is 1. The van der Waals surface area contributed by atoms with Crippen molar-refractivity contribution in [3.8, 4) is 11.1 Å². The molecular weight excluding hydrogens is 364 g/mol. The third-order valence-corrected chi connectivity index (χ3v) is 4.54. The number of aryl methyl sites for hydroxylation is 1. The van der Waals surface area contributed by atoms with Crippen LogP contribution in [-0.2, 0) is 17.9 Å². The summed E-state index contributed by atoms with van der Waals surface area (Å²) in [4.78, 5) is 13.8. The summed E-state index contributed by atoms with van der Waals surface area (Å²) in [5.41, 5.74) is 2.84. The minimum Gasteiger partial charge on any atom is -0.306 e. The van der Waals surface area contributed by atoms with E-state index in [0.29, 0.717) is 17.4 Å². The second-order valence-electron chi connectivity index (χ2n) is 6.02. The number of halogens is 1. The van der Waals surface area contributed by atoms with Gasteiger partial charge in [0.25, 0.3) is 0 Å². The maximum atomic E-state index is 12.3. The number of nitrogens with zero attached hydrogens (tertiary/aromatic N) is 5. The number of aromatic nitrogens is 5. The lowest BCUT2D eigenvalue weighted by Gasteiger charge is -2.06. The molecule has 0 atom stereocenters. The molecule has 0 fully saturated rings. The predicted octanol–water partition coefficient (Wildman–Crippen LogP) is 3.61. The summed E-state index contributed by atoms with van der Waals surface area (Å²) < 4.78 is 1.66. The SMILES string of the molecule is CCn1ncc(NC(=O)Cn2ncc3cc(-c4ccccc4Cl)ccc32)n1. The highest BCUT2D eigenvalue weighted by atomic mass is 35.5. The summed E-state index contributed by atoms with van der Waals surface area (Å²) in [6, 6.07) is 13.6. The summed E-state index contributed by atoms with van der Waals surface area (Å²) >= 11 is 6.29. The Morgan fingerprint density at radius 2 is 2.00 bits per heavy atom. The van der Waals surface area contributed by atoms with Crippen molar-refractivity contribution in [3.63, 3.8) is 0 Å². The van der Waals surface area contributed by atoms with E-state index in [1.54, 1.807) is 10.9 Å². The zero-order chi connectivity index (χ0) is 18.8. The molecule has 2 heterocycles. The van der Waals surface area contributed by atoms with Crippen LogP contribution in [0.2, 0.25) is 5.02 Å². The van der Waals surface area contributed by atoms with Crippen molar-refractivity contribution < 1.29 is 4.79 Å². The average Bonchev–Trinajstić information content (AvgIpc) is 3.28. The van der Waals surface area contributed by atoms with Gasteiger partial charge in [0, 0.05) is 16.0 Å². The van der Waals surface area contributed by atoms with Gasteiger partial charge in [-0.2, -0.15) is 15.0 Å². The molecule has 0 bridgehead atoms. The molecule has 1 amide bonds. The Hall–Kier alpha value is -3.19. The molecular formula is C19H17ClN6O. The van der Waals surface area contributed by atoms with Crippen LogP contribution in [0, 0.1) is 0 Å². The minimum atomic E-state index is -0.210. The summed E-state index contributed by atoms with van der Waals surface area (Å²) in [7, 11) is 0. The molecule has 0 aliphatic heterocycles. The molecule has 0 saturated heterocycles. The van der Waals surface area contributed by atoms with Crippen molar-refractivity contribution >= 4 is 34.2 Å². The number of hydrogen-bond donors (Lipinski definition) is 1. The van der Waals surface area contributed by atoms with Crippen LogP contribution in [0.1, 0.15) is 6.92 Å². The lowest BCUT2D eigenvalue weighted by atomic mass is 10.0. The van der Waals surface area contributed by atoms with Gasteiger partial charge in [0.2, 0.25) is 5.91 Å². The van der Waals surface area contributed by atoms with E-state index < -0.39 is 0 Å². The normalized spacial score (nSPS) is 11.0. The topological polar surface area (TPSA) is 77.6 Å². The molecule has 0 aliphatic rings. The van der Waals surface area contributed by atoms with Crippen molar-refractivity contribution in [3.05, 3.63) is 59.9 Å². The molecule has 0 spiro atoms. The van der Waals surface area contributed by atoms with Crippen molar-refractivity contribution in [1.82, 2.24) is 24.8 Å². The first-order valence-electron chi connectivity index (χ1n) is 8.54. The lowest BCUT2D eigenvalue weighted by Crippen LogP contribution is -2.19. The summed E-state index contributed by atoms with van der Waals surface area (Å²) in [6.07, 6.45) is 3.27. The van der Waals surface area contributed by atoms with Crippen LogP contribution in [0.15, 0.2) is 54.9 Å². The first-order valence-corrected chi connectivity index (χ1v) is 8.92. The zero-order valence-electron chi connectivity index (χ0n) is 14.6. The van der Waals surface area contributed by atoms with Gasteiger partial charge in [-0.05, 0) is 30.7 Å². The van der Waals surface area contributed by atoms with Crippen LogP contribution in [0.3, 0.4) is 0 Å². The Morgan fingerprint density at radius 1 is 1.15 bits per heavy atom. The van der Waals surface area contributed by atoms with Gasteiger partial charge in [-0.1, -0.05) is 35.9 Å². The zero-order valence-corrected chi connectivity index (χ0v) is 15.4. The average molecular weight is 381 g/mol. The first-order chi connectivity index (χ1) is 13.1. The number of hydrogen-bond acceptors (Lipinski definition) is 4. The highest BCUT2D eigenvalue weighted by Gasteiger charge is 2.11. The largest absolute Gasteiger partial charge is 0.306 e. The fourth-order valence-corrected chi connectivity index (χ4v) is 3.15. The second-order valence-corrected chi connectivity index (χ2v) is 6.43. The van der Waals surface area contributed by atoms with Crippen molar-refractivity contribution in [2.45, 2.75) is 20.0 Å². The van der Waals surface area contributed by atoms with E-state index in [1.807, 2.05) is 49.4 Å². The fraction of sp³-hybridized carbons (Fsp3) is 0.158. The van der Waals surface area contributed by atoms with Gasteiger partial charge in [-0.3, -0.25) is 9.48 Å². The summed E-state index contributed by atoms with van der Waals surface area (Å²) in [5.74, 6) is 0.220. The monoisotopic (exact) mass is 380 g/mol. The number of fused-ring (bicyclic) bond motifs is 1. The van der Waals surface area contributed by atoms with Crippen LogP contribution >= 0.6 is 11.6 Å². The maximum Gasteiger partial charge on any atom is 0.247 e. The van der Waals surface area contributed by atoms with E-state index in [1.165, 1.54) is 11.0 Å². The first kappa shape index (κ1) is 17.2. The van der Waals surface area contributed by atoms with E-state index in [4.69, 9.17) is 11.6 Å². The Bertz CT molecular complexity index is 1120. The van der Waals surface area contributed by atoms with Gasteiger partial charge < -0.3 is 5.32 Å². The van der Waals surface area contributed by atoms with Crippen molar-refractivity contribution in [1.29, 1.82) is 0 Å². The van der Waals surface area contributed by atoms with Gasteiger partial charge in [-0.15, -0.1) is 5.10 Å². The lowest BCUT2D eigenvalue weighted by molar-refractivity contribution is -0.116. The number of nitrogens with one attached hydrogen (secondary N) is 1.